The van der Waals surface area contributed by atoms with Gasteiger partial charge in [-0.25, -0.2) is 0 Å². The summed E-state index contributed by atoms with van der Waals surface area (Å²) in [4.78, 5) is 0. The Hall–Kier alpha value is -0.510. The predicted octanol–water partition coefficient (Wildman–Crippen LogP) is 2.10. The first-order valence-electron chi connectivity index (χ1n) is 3.96. The second kappa shape index (κ2) is 3.47. The quantitative estimate of drug-likeness (QED) is 0.608. The average molecular weight is 179 g/mol. The topological polar surface area (TPSA) is 12.0 Å². The predicted molar refractivity (Wildman–Crippen MR) is 40.8 cm³/mol. The molecule has 2 atom stereocenters. The lowest BCUT2D eigenvalue weighted by Crippen LogP contribution is -2.31. The van der Waals surface area contributed by atoms with E-state index >= 15 is 0 Å². The minimum absolute atomic E-state index is 0.114. The summed E-state index contributed by atoms with van der Waals surface area (Å²) in [5.74, 6) is -1.23. The highest BCUT2D eigenvalue weighted by Crippen LogP contribution is 2.33. The van der Waals surface area contributed by atoms with Crippen LogP contribution in [0, 0.1) is 5.92 Å². The SMILES string of the molecule is CNC1C=CC(C(F)(F)F)CC1. The molecule has 0 aliphatic heterocycles. The van der Waals surface area contributed by atoms with Crippen molar-refractivity contribution >= 4 is 0 Å². The van der Waals surface area contributed by atoms with Crippen molar-refractivity contribution in [2.24, 2.45) is 5.92 Å². The van der Waals surface area contributed by atoms with Gasteiger partial charge in [0.2, 0.25) is 0 Å². The number of rotatable bonds is 1. The maximum absolute atomic E-state index is 12.1. The zero-order valence-electron chi connectivity index (χ0n) is 6.86. The zero-order chi connectivity index (χ0) is 9.19. The van der Waals surface area contributed by atoms with Crippen LogP contribution < -0.4 is 5.32 Å². The Kier molecular flexibility index (Phi) is 2.77. The fraction of sp³-hybridized carbons (Fsp3) is 0.750. The van der Waals surface area contributed by atoms with Crippen LogP contribution in [0.25, 0.3) is 0 Å². The lowest BCUT2D eigenvalue weighted by atomic mass is 9.92. The largest absolute Gasteiger partial charge is 0.395 e. The third-order valence-electron chi connectivity index (χ3n) is 2.16. The second-order valence-electron chi connectivity index (χ2n) is 3.01. The Morgan fingerprint density at radius 3 is 2.25 bits per heavy atom. The van der Waals surface area contributed by atoms with E-state index in [0.29, 0.717) is 6.42 Å². The molecule has 0 spiro atoms. The number of nitrogens with one attached hydrogen (secondary N) is 1. The van der Waals surface area contributed by atoms with Gasteiger partial charge in [0.15, 0.2) is 0 Å². The summed E-state index contributed by atoms with van der Waals surface area (Å²) in [6.45, 7) is 0. The Labute approximate surface area is 69.6 Å². The van der Waals surface area contributed by atoms with Crippen molar-refractivity contribution in [3.8, 4) is 0 Å². The minimum Gasteiger partial charge on any atom is -0.314 e. The lowest BCUT2D eigenvalue weighted by Gasteiger charge is -2.24. The van der Waals surface area contributed by atoms with E-state index in [1.807, 2.05) is 0 Å². The molecule has 0 amide bonds. The average Bonchev–Trinajstić information content (AvgIpc) is 2.03. The van der Waals surface area contributed by atoms with Crippen LogP contribution in [0.3, 0.4) is 0 Å². The van der Waals surface area contributed by atoms with Gasteiger partial charge >= 0.3 is 6.18 Å². The first-order valence-corrected chi connectivity index (χ1v) is 3.96. The van der Waals surface area contributed by atoms with Gasteiger partial charge < -0.3 is 5.32 Å². The molecule has 0 bridgehead atoms. The molecule has 2 unspecified atom stereocenters. The molecule has 70 valence electrons. The fourth-order valence-corrected chi connectivity index (χ4v) is 1.33. The molecule has 0 aromatic rings. The molecule has 0 aromatic carbocycles. The van der Waals surface area contributed by atoms with Gasteiger partial charge in [-0.3, -0.25) is 0 Å². The number of likely N-dealkylation sites (N-methyl/N-ethyl adjacent to an activating group) is 1. The Balaban J connectivity index is 2.54. The highest BCUT2D eigenvalue weighted by molar-refractivity contribution is 5.03. The first kappa shape index (κ1) is 9.58. The minimum atomic E-state index is -4.06. The number of allylic oxidation sites excluding steroid dienone is 1. The van der Waals surface area contributed by atoms with Crippen molar-refractivity contribution in [3.63, 3.8) is 0 Å². The molecular formula is C8H12F3N. The van der Waals surface area contributed by atoms with E-state index in [9.17, 15) is 13.2 Å². The van der Waals surface area contributed by atoms with Gasteiger partial charge in [-0.1, -0.05) is 12.2 Å². The number of hydrogen-bond acceptors (Lipinski definition) is 1. The first-order chi connectivity index (χ1) is 5.54. The van der Waals surface area contributed by atoms with E-state index in [2.05, 4.69) is 5.32 Å². The molecule has 0 radical (unpaired) electrons. The van der Waals surface area contributed by atoms with E-state index in [4.69, 9.17) is 0 Å². The van der Waals surface area contributed by atoms with Gasteiger partial charge in [-0.15, -0.1) is 0 Å². The van der Waals surface area contributed by atoms with Crippen molar-refractivity contribution in [3.05, 3.63) is 12.2 Å². The number of halogens is 3. The van der Waals surface area contributed by atoms with Crippen molar-refractivity contribution in [1.82, 2.24) is 5.32 Å². The number of hydrogen-bond donors (Lipinski definition) is 1. The third kappa shape index (κ3) is 2.24. The molecule has 0 saturated heterocycles. The molecule has 4 heteroatoms. The summed E-state index contributed by atoms with van der Waals surface area (Å²) in [5, 5.41) is 2.92. The molecule has 0 aromatic heterocycles. The van der Waals surface area contributed by atoms with Gasteiger partial charge in [-0.05, 0) is 19.9 Å². The van der Waals surface area contributed by atoms with Crippen molar-refractivity contribution in [2.45, 2.75) is 25.1 Å². The molecule has 0 heterocycles. The summed E-state index contributed by atoms with van der Waals surface area (Å²) >= 11 is 0. The van der Waals surface area contributed by atoms with Crippen LogP contribution in [0.2, 0.25) is 0 Å². The molecule has 1 aliphatic rings. The molecular weight excluding hydrogens is 167 g/mol. The van der Waals surface area contributed by atoms with Crippen LogP contribution in [-0.4, -0.2) is 19.3 Å². The summed E-state index contributed by atoms with van der Waals surface area (Å²) in [6.07, 6.45) is -0.440. The monoisotopic (exact) mass is 179 g/mol. The van der Waals surface area contributed by atoms with Gasteiger partial charge in [0.05, 0.1) is 5.92 Å². The highest BCUT2D eigenvalue weighted by Gasteiger charge is 2.38. The Morgan fingerprint density at radius 2 is 1.92 bits per heavy atom. The normalized spacial score (nSPS) is 30.7. The summed E-state index contributed by atoms with van der Waals surface area (Å²) in [6, 6.07) is 0.114. The van der Waals surface area contributed by atoms with Gasteiger partial charge in [0.1, 0.15) is 0 Å². The maximum atomic E-state index is 12.1. The molecule has 0 fully saturated rings. The van der Waals surface area contributed by atoms with Gasteiger partial charge in [0, 0.05) is 6.04 Å². The standard InChI is InChI=1S/C8H12F3N/c1-12-7-4-2-6(3-5-7)8(9,10)11/h2,4,6-7,12H,3,5H2,1H3. The van der Waals surface area contributed by atoms with E-state index < -0.39 is 12.1 Å². The molecule has 1 rings (SSSR count). The van der Waals surface area contributed by atoms with E-state index in [1.54, 1.807) is 13.1 Å². The van der Waals surface area contributed by atoms with Crippen LogP contribution in [0.5, 0.6) is 0 Å². The second-order valence-corrected chi connectivity index (χ2v) is 3.01. The van der Waals surface area contributed by atoms with Crippen LogP contribution in [-0.2, 0) is 0 Å². The molecule has 12 heavy (non-hydrogen) atoms. The maximum Gasteiger partial charge on any atom is 0.395 e. The molecule has 1 nitrogen and oxygen atoms in total. The Bertz CT molecular complexity index is 174. The highest BCUT2D eigenvalue weighted by atomic mass is 19.4. The van der Waals surface area contributed by atoms with E-state index in [1.165, 1.54) is 6.08 Å². The van der Waals surface area contributed by atoms with Crippen molar-refractivity contribution in [1.29, 1.82) is 0 Å². The van der Waals surface area contributed by atoms with Crippen LogP contribution in [0.15, 0.2) is 12.2 Å². The van der Waals surface area contributed by atoms with Gasteiger partial charge in [-0.2, -0.15) is 13.2 Å². The van der Waals surface area contributed by atoms with E-state index in [0.717, 1.165) is 0 Å². The van der Waals surface area contributed by atoms with Crippen molar-refractivity contribution < 1.29 is 13.2 Å². The molecule has 1 aliphatic carbocycles. The third-order valence-corrected chi connectivity index (χ3v) is 2.16. The van der Waals surface area contributed by atoms with E-state index in [-0.39, 0.29) is 12.5 Å². The summed E-state index contributed by atoms with van der Waals surface area (Å²) < 4.78 is 36.3. The molecule has 0 saturated carbocycles. The van der Waals surface area contributed by atoms with Crippen molar-refractivity contribution in [2.75, 3.05) is 7.05 Å². The lowest BCUT2D eigenvalue weighted by molar-refractivity contribution is -0.163. The zero-order valence-corrected chi connectivity index (χ0v) is 6.86. The van der Waals surface area contributed by atoms with Crippen LogP contribution in [0.1, 0.15) is 12.8 Å². The van der Waals surface area contributed by atoms with Crippen LogP contribution >= 0.6 is 0 Å². The smallest absolute Gasteiger partial charge is 0.314 e. The number of alkyl halides is 3. The summed E-state index contributed by atoms with van der Waals surface area (Å²) in [5.41, 5.74) is 0. The van der Waals surface area contributed by atoms with Crippen LogP contribution in [0.4, 0.5) is 13.2 Å². The Morgan fingerprint density at radius 1 is 1.25 bits per heavy atom. The fourth-order valence-electron chi connectivity index (χ4n) is 1.33. The molecule has 1 N–H and O–H groups in total. The summed E-state index contributed by atoms with van der Waals surface area (Å²) in [7, 11) is 1.75. The van der Waals surface area contributed by atoms with Gasteiger partial charge in [0.25, 0.3) is 0 Å².